The summed E-state index contributed by atoms with van der Waals surface area (Å²) in [6.45, 7) is 5.96. The van der Waals surface area contributed by atoms with E-state index in [0.717, 1.165) is 18.4 Å². The largest absolute Gasteiger partial charge is 0.508 e. The average molecular weight is 235 g/mol. The molecule has 0 aromatic heterocycles. The van der Waals surface area contributed by atoms with Crippen LogP contribution in [0.5, 0.6) is 5.75 Å². The quantitative estimate of drug-likeness (QED) is 0.871. The van der Waals surface area contributed by atoms with Crippen molar-refractivity contribution in [2.75, 3.05) is 7.05 Å². The van der Waals surface area contributed by atoms with E-state index in [4.69, 9.17) is 0 Å². The van der Waals surface area contributed by atoms with Crippen LogP contribution in [0, 0.1) is 6.92 Å². The molecule has 0 heterocycles. The van der Waals surface area contributed by atoms with E-state index in [9.17, 15) is 9.90 Å². The molecule has 1 rings (SSSR count). The van der Waals surface area contributed by atoms with Crippen LogP contribution < -0.4 is 0 Å². The molecule has 3 nitrogen and oxygen atoms in total. The smallest absolute Gasteiger partial charge is 0.253 e. The normalized spacial score (nSPS) is 10.6. The number of phenols is 1. The number of amides is 1. The van der Waals surface area contributed by atoms with Crippen LogP contribution in [0.3, 0.4) is 0 Å². The molecule has 94 valence electrons. The lowest BCUT2D eigenvalue weighted by molar-refractivity contribution is 0.0723. The van der Waals surface area contributed by atoms with Gasteiger partial charge in [-0.05, 0) is 37.5 Å². The molecule has 0 fully saturated rings. The minimum atomic E-state index is -0.0333. The molecule has 0 aliphatic rings. The Labute approximate surface area is 103 Å². The van der Waals surface area contributed by atoms with E-state index in [-0.39, 0.29) is 17.7 Å². The number of benzene rings is 1. The molecule has 1 aromatic carbocycles. The van der Waals surface area contributed by atoms with Gasteiger partial charge in [-0.1, -0.05) is 19.9 Å². The third-order valence-electron chi connectivity index (χ3n) is 3.27. The summed E-state index contributed by atoms with van der Waals surface area (Å²) < 4.78 is 0. The van der Waals surface area contributed by atoms with Crippen molar-refractivity contribution >= 4 is 5.91 Å². The summed E-state index contributed by atoms with van der Waals surface area (Å²) in [5, 5.41) is 9.61. The van der Waals surface area contributed by atoms with Crippen LogP contribution in [0.25, 0.3) is 0 Å². The van der Waals surface area contributed by atoms with Gasteiger partial charge in [-0.15, -0.1) is 0 Å². The second kappa shape index (κ2) is 5.71. The van der Waals surface area contributed by atoms with Crippen LogP contribution in [0.15, 0.2) is 18.2 Å². The Morgan fingerprint density at radius 1 is 1.35 bits per heavy atom. The first-order valence-electron chi connectivity index (χ1n) is 6.08. The number of nitrogens with zero attached hydrogens (tertiary/aromatic N) is 1. The second-order valence-corrected chi connectivity index (χ2v) is 4.39. The fraction of sp³-hybridized carbons (Fsp3) is 0.500. The topological polar surface area (TPSA) is 40.5 Å². The maximum absolute atomic E-state index is 12.2. The van der Waals surface area contributed by atoms with Crippen LogP contribution in [-0.4, -0.2) is 29.0 Å². The minimum Gasteiger partial charge on any atom is -0.508 e. The molecule has 0 bridgehead atoms. The summed E-state index contributed by atoms with van der Waals surface area (Å²) in [4.78, 5) is 13.9. The van der Waals surface area contributed by atoms with Crippen molar-refractivity contribution in [3.05, 3.63) is 29.3 Å². The van der Waals surface area contributed by atoms with Gasteiger partial charge in [0, 0.05) is 18.7 Å². The molecule has 0 aliphatic carbocycles. The fourth-order valence-corrected chi connectivity index (χ4v) is 1.95. The van der Waals surface area contributed by atoms with Crippen molar-refractivity contribution in [2.24, 2.45) is 0 Å². The second-order valence-electron chi connectivity index (χ2n) is 4.39. The highest BCUT2D eigenvalue weighted by Gasteiger charge is 2.18. The zero-order valence-electron chi connectivity index (χ0n) is 11.0. The Hall–Kier alpha value is -1.51. The number of aromatic hydroxyl groups is 1. The summed E-state index contributed by atoms with van der Waals surface area (Å²) in [5.41, 5.74) is 1.33. The van der Waals surface area contributed by atoms with Crippen LogP contribution in [0.4, 0.5) is 0 Å². The molecule has 1 N–H and O–H groups in total. The van der Waals surface area contributed by atoms with Gasteiger partial charge in [-0.2, -0.15) is 0 Å². The lowest BCUT2D eigenvalue weighted by atomic mass is 10.1. The van der Waals surface area contributed by atoms with Crippen LogP contribution in [-0.2, 0) is 0 Å². The van der Waals surface area contributed by atoms with Crippen LogP contribution in [0.2, 0.25) is 0 Å². The van der Waals surface area contributed by atoms with E-state index in [1.54, 1.807) is 17.0 Å². The predicted octanol–water partition coefficient (Wildman–Crippen LogP) is 2.96. The molecule has 0 unspecified atom stereocenters. The Bertz CT molecular complexity index is 397. The van der Waals surface area contributed by atoms with E-state index in [1.165, 1.54) is 6.07 Å². The average Bonchev–Trinajstić information content (AvgIpc) is 2.33. The van der Waals surface area contributed by atoms with Crippen molar-refractivity contribution in [3.63, 3.8) is 0 Å². The predicted molar refractivity (Wildman–Crippen MR) is 69.3 cm³/mol. The zero-order valence-corrected chi connectivity index (χ0v) is 11.0. The summed E-state index contributed by atoms with van der Waals surface area (Å²) in [6, 6.07) is 5.32. The van der Waals surface area contributed by atoms with Crippen molar-refractivity contribution in [1.82, 2.24) is 4.90 Å². The minimum absolute atomic E-state index is 0.0333. The molecule has 0 atom stereocenters. The summed E-state index contributed by atoms with van der Waals surface area (Å²) in [5.74, 6) is 0.141. The van der Waals surface area contributed by atoms with Gasteiger partial charge in [-0.25, -0.2) is 0 Å². The first kappa shape index (κ1) is 13.6. The highest BCUT2D eigenvalue weighted by Crippen LogP contribution is 2.19. The molecule has 17 heavy (non-hydrogen) atoms. The molecule has 0 radical (unpaired) electrons. The number of carbonyl (C=O) groups is 1. The van der Waals surface area contributed by atoms with E-state index < -0.39 is 0 Å². The van der Waals surface area contributed by atoms with Crippen molar-refractivity contribution < 1.29 is 9.90 Å². The molecule has 1 amide bonds. The third-order valence-corrected chi connectivity index (χ3v) is 3.27. The van der Waals surface area contributed by atoms with Gasteiger partial charge in [0.2, 0.25) is 0 Å². The highest BCUT2D eigenvalue weighted by atomic mass is 16.3. The van der Waals surface area contributed by atoms with Gasteiger partial charge in [-0.3, -0.25) is 4.79 Å². The highest BCUT2D eigenvalue weighted by molar-refractivity contribution is 5.94. The Morgan fingerprint density at radius 3 is 2.41 bits per heavy atom. The van der Waals surface area contributed by atoms with Gasteiger partial charge in [0.05, 0.1) is 0 Å². The molecule has 0 saturated heterocycles. The lowest BCUT2D eigenvalue weighted by Crippen LogP contribution is -2.36. The summed E-state index contributed by atoms with van der Waals surface area (Å²) >= 11 is 0. The third kappa shape index (κ3) is 2.99. The number of hydrogen-bond acceptors (Lipinski definition) is 2. The fourth-order valence-electron chi connectivity index (χ4n) is 1.95. The molecule has 1 aromatic rings. The molecule has 0 spiro atoms. The first-order chi connectivity index (χ1) is 8.01. The van der Waals surface area contributed by atoms with Crippen LogP contribution in [0.1, 0.15) is 42.6 Å². The van der Waals surface area contributed by atoms with Gasteiger partial charge < -0.3 is 10.0 Å². The number of phenolic OH excluding ortho intramolecular Hbond substituents is 1. The Kier molecular flexibility index (Phi) is 4.55. The summed E-state index contributed by atoms with van der Waals surface area (Å²) in [7, 11) is 1.82. The monoisotopic (exact) mass is 235 g/mol. The molecular formula is C14H21NO2. The van der Waals surface area contributed by atoms with Gasteiger partial charge in [0.15, 0.2) is 0 Å². The van der Waals surface area contributed by atoms with Gasteiger partial charge in [0.1, 0.15) is 5.75 Å². The molecule has 0 saturated carbocycles. The maximum Gasteiger partial charge on any atom is 0.253 e. The van der Waals surface area contributed by atoms with Crippen molar-refractivity contribution in [1.29, 1.82) is 0 Å². The zero-order chi connectivity index (χ0) is 13.0. The molecular weight excluding hydrogens is 214 g/mol. The Balaban J connectivity index is 2.92. The maximum atomic E-state index is 12.2. The van der Waals surface area contributed by atoms with E-state index >= 15 is 0 Å². The van der Waals surface area contributed by atoms with Crippen molar-refractivity contribution in [3.8, 4) is 5.75 Å². The summed E-state index contributed by atoms with van der Waals surface area (Å²) in [6.07, 6.45) is 1.88. The molecule has 0 aliphatic heterocycles. The SMILES string of the molecule is CCC(CC)N(C)C(=O)c1ccc(C)c(O)c1. The van der Waals surface area contributed by atoms with Gasteiger partial charge in [0.25, 0.3) is 5.91 Å². The number of rotatable bonds is 4. The van der Waals surface area contributed by atoms with Crippen LogP contribution >= 0.6 is 0 Å². The van der Waals surface area contributed by atoms with E-state index in [1.807, 2.05) is 14.0 Å². The Morgan fingerprint density at radius 2 is 1.94 bits per heavy atom. The number of aryl methyl sites for hydroxylation is 1. The van der Waals surface area contributed by atoms with E-state index in [0.29, 0.717) is 5.56 Å². The first-order valence-corrected chi connectivity index (χ1v) is 6.08. The lowest BCUT2D eigenvalue weighted by Gasteiger charge is -2.26. The van der Waals surface area contributed by atoms with Gasteiger partial charge >= 0.3 is 0 Å². The number of carbonyl (C=O) groups excluding carboxylic acids is 1. The standard InChI is InChI=1S/C14H21NO2/c1-5-12(6-2)15(4)14(17)11-8-7-10(3)13(16)9-11/h7-9,12,16H,5-6H2,1-4H3. The van der Waals surface area contributed by atoms with E-state index in [2.05, 4.69) is 13.8 Å². The number of hydrogen-bond donors (Lipinski definition) is 1. The molecule has 3 heteroatoms. The van der Waals surface area contributed by atoms with Crippen molar-refractivity contribution in [2.45, 2.75) is 39.7 Å².